The molecule has 3 aromatic rings. The number of halogens is 1. The van der Waals surface area contributed by atoms with Gasteiger partial charge in [0.25, 0.3) is 0 Å². The molecule has 0 aliphatic rings. The quantitative estimate of drug-likeness (QED) is 0.634. The molecule has 0 saturated heterocycles. The van der Waals surface area contributed by atoms with Crippen molar-refractivity contribution in [2.45, 2.75) is 19.8 Å². The molecule has 19 heavy (non-hydrogen) atoms. The summed E-state index contributed by atoms with van der Waals surface area (Å²) in [5, 5.41) is 0. The second kappa shape index (κ2) is 4.82. The van der Waals surface area contributed by atoms with E-state index in [1.807, 2.05) is 30.3 Å². The molecule has 1 heterocycles. The first-order valence-corrected chi connectivity index (χ1v) is 7.09. The Bertz CT molecular complexity index is 713. The van der Waals surface area contributed by atoms with Crippen molar-refractivity contribution in [3.63, 3.8) is 0 Å². The highest BCUT2D eigenvalue weighted by atomic mass is 79.9. The zero-order chi connectivity index (χ0) is 13.4. The van der Waals surface area contributed by atoms with Gasteiger partial charge in [-0.3, -0.25) is 0 Å². The van der Waals surface area contributed by atoms with Crippen molar-refractivity contribution in [3.8, 4) is 11.5 Å². The average molecular weight is 316 g/mol. The Morgan fingerprint density at radius 2 is 1.79 bits per heavy atom. The van der Waals surface area contributed by atoms with Crippen LogP contribution in [0.5, 0.6) is 0 Å². The Morgan fingerprint density at radius 3 is 2.47 bits per heavy atom. The van der Waals surface area contributed by atoms with Crippen molar-refractivity contribution in [2.24, 2.45) is 0 Å². The van der Waals surface area contributed by atoms with Crippen molar-refractivity contribution >= 4 is 27.0 Å². The smallest absolute Gasteiger partial charge is 0.227 e. The molecule has 3 rings (SSSR count). The molecule has 0 unspecified atom stereocenters. The Labute approximate surface area is 120 Å². The highest BCUT2D eigenvalue weighted by molar-refractivity contribution is 9.10. The first-order valence-electron chi connectivity index (χ1n) is 6.30. The largest absolute Gasteiger partial charge is 0.436 e. The summed E-state index contributed by atoms with van der Waals surface area (Å²) >= 11 is 3.43. The third-order valence-electron chi connectivity index (χ3n) is 3.17. The van der Waals surface area contributed by atoms with Gasteiger partial charge in [0, 0.05) is 10.0 Å². The van der Waals surface area contributed by atoms with Gasteiger partial charge in [-0.25, -0.2) is 4.98 Å². The molecule has 0 bridgehead atoms. The van der Waals surface area contributed by atoms with Gasteiger partial charge in [-0.15, -0.1) is 0 Å². The van der Waals surface area contributed by atoms with Crippen molar-refractivity contribution in [3.05, 3.63) is 52.5 Å². The van der Waals surface area contributed by atoms with Crippen molar-refractivity contribution in [2.75, 3.05) is 0 Å². The van der Waals surface area contributed by atoms with E-state index >= 15 is 0 Å². The molecule has 0 aliphatic carbocycles. The molecule has 2 aromatic carbocycles. The van der Waals surface area contributed by atoms with E-state index in [-0.39, 0.29) is 0 Å². The monoisotopic (exact) mass is 315 g/mol. The third kappa shape index (κ3) is 2.43. The lowest BCUT2D eigenvalue weighted by molar-refractivity contribution is 0.619. The molecular formula is C16H14BrNO. The summed E-state index contributed by atoms with van der Waals surface area (Å²) in [4.78, 5) is 4.53. The normalized spacial score (nSPS) is 11.4. The number of aromatic nitrogens is 1. The first kappa shape index (κ1) is 12.4. The summed E-state index contributed by atoms with van der Waals surface area (Å²) < 4.78 is 6.91. The lowest BCUT2D eigenvalue weighted by Crippen LogP contribution is -1.85. The van der Waals surface area contributed by atoms with Crippen LogP contribution in [0, 0.1) is 0 Å². The van der Waals surface area contributed by atoms with Crippen LogP contribution < -0.4 is 0 Å². The predicted octanol–water partition coefficient (Wildman–Crippen LogP) is 5.38. The van der Waals surface area contributed by atoms with Gasteiger partial charge in [0.15, 0.2) is 5.58 Å². The summed E-state index contributed by atoms with van der Waals surface area (Å²) in [5.74, 6) is 1.16. The van der Waals surface area contributed by atoms with Crippen molar-refractivity contribution < 1.29 is 4.42 Å². The Hall–Kier alpha value is -1.61. The SMILES string of the molecule is CC(C)c1ccc2nc(-c3ccc(Br)cc3)oc2c1. The zero-order valence-electron chi connectivity index (χ0n) is 10.9. The Kier molecular flexibility index (Phi) is 3.15. The highest BCUT2D eigenvalue weighted by Crippen LogP contribution is 2.27. The maximum absolute atomic E-state index is 5.86. The van der Waals surface area contributed by atoms with E-state index in [2.05, 4.69) is 46.9 Å². The van der Waals surface area contributed by atoms with E-state index < -0.39 is 0 Å². The van der Waals surface area contributed by atoms with Crippen LogP contribution in [0.4, 0.5) is 0 Å². The van der Waals surface area contributed by atoms with Crippen molar-refractivity contribution in [1.29, 1.82) is 0 Å². The molecule has 3 heteroatoms. The van der Waals surface area contributed by atoms with Gasteiger partial charge >= 0.3 is 0 Å². The molecule has 2 nitrogen and oxygen atoms in total. The van der Waals surface area contributed by atoms with Crippen LogP contribution in [0.25, 0.3) is 22.6 Å². The molecule has 0 N–H and O–H groups in total. The molecule has 0 fully saturated rings. The minimum absolute atomic E-state index is 0.491. The fourth-order valence-electron chi connectivity index (χ4n) is 2.02. The van der Waals surface area contributed by atoms with Gasteiger partial charge < -0.3 is 4.42 Å². The third-order valence-corrected chi connectivity index (χ3v) is 3.70. The maximum Gasteiger partial charge on any atom is 0.227 e. The van der Waals surface area contributed by atoms with E-state index in [1.54, 1.807) is 0 Å². The molecule has 0 amide bonds. The number of hydrogen-bond acceptors (Lipinski definition) is 2. The molecule has 0 radical (unpaired) electrons. The van der Waals surface area contributed by atoms with Crippen molar-refractivity contribution in [1.82, 2.24) is 4.98 Å². The van der Waals surface area contributed by atoms with E-state index in [1.165, 1.54) is 5.56 Å². The second-order valence-electron chi connectivity index (χ2n) is 4.91. The number of nitrogens with zero attached hydrogens (tertiary/aromatic N) is 1. The number of hydrogen-bond donors (Lipinski definition) is 0. The van der Waals surface area contributed by atoms with Crippen LogP contribution in [0.3, 0.4) is 0 Å². The average Bonchev–Trinajstić information content (AvgIpc) is 2.82. The molecular weight excluding hydrogens is 302 g/mol. The van der Waals surface area contributed by atoms with Crippen LogP contribution in [0.15, 0.2) is 51.4 Å². The lowest BCUT2D eigenvalue weighted by atomic mass is 10.0. The van der Waals surface area contributed by atoms with Gasteiger partial charge in [-0.2, -0.15) is 0 Å². The summed E-state index contributed by atoms with van der Waals surface area (Å²) in [7, 11) is 0. The minimum atomic E-state index is 0.491. The lowest BCUT2D eigenvalue weighted by Gasteiger charge is -2.02. The standard InChI is InChI=1S/C16H14BrNO/c1-10(2)12-5-8-14-15(9-12)19-16(18-14)11-3-6-13(17)7-4-11/h3-10H,1-2H3. The second-order valence-corrected chi connectivity index (χ2v) is 5.82. The predicted molar refractivity (Wildman–Crippen MR) is 81.2 cm³/mol. The number of rotatable bonds is 2. The molecule has 96 valence electrons. The summed E-state index contributed by atoms with van der Waals surface area (Å²) in [6.07, 6.45) is 0. The fraction of sp³-hybridized carbons (Fsp3) is 0.188. The summed E-state index contributed by atoms with van der Waals surface area (Å²) in [6.45, 7) is 4.35. The Balaban J connectivity index is 2.08. The Morgan fingerprint density at radius 1 is 1.05 bits per heavy atom. The van der Waals surface area contributed by atoms with E-state index in [9.17, 15) is 0 Å². The van der Waals surface area contributed by atoms with Gasteiger partial charge in [-0.1, -0.05) is 35.8 Å². The number of fused-ring (bicyclic) bond motifs is 1. The van der Waals surface area contributed by atoms with Crippen LogP contribution in [-0.2, 0) is 0 Å². The number of oxazole rings is 1. The summed E-state index contributed by atoms with van der Waals surface area (Å²) in [5.41, 5.74) is 4.02. The van der Waals surface area contributed by atoms with Gasteiger partial charge in [0.1, 0.15) is 5.52 Å². The highest BCUT2D eigenvalue weighted by Gasteiger charge is 2.09. The van der Waals surface area contributed by atoms with Gasteiger partial charge in [0.2, 0.25) is 5.89 Å². The zero-order valence-corrected chi connectivity index (χ0v) is 12.4. The molecule has 1 aromatic heterocycles. The van der Waals surface area contributed by atoms with Crippen LogP contribution in [-0.4, -0.2) is 4.98 Å². The summed E-state index contributed by atoms with van der Waals surface area (Å²) in [6, 6.07) is 14.2. The van der Waals surface area contributed by atoms with Crippen LogP contribution in [0.2, 0.25) is 0 Å². The van der Waals surface area contributed by atoms with E-state index in [0.717, 1.165) is 21.1 Å². The van der Waals surface area contributed by atoms with Crippen LogP contribution in [0.1, 0.15) is 25.3 Å². The minimum Gasteiger partial charge on any atom is -0.436 e. The fourth-order valence-corrected chi connectivity index (χ4v) is 2.28. The molecule has 0 atom stereocenters. The van der Waals surface area contributed by atoms with Gasteiger partial charge in [0.05, 0.1) is 0 Å². The number of benzene rings is 2. The topological polar surface area (TPSA) is 26.0 Å². The van der Waals surface area contributed by atoms with E-state index in [0.29, 0.717) is 11.8 Å². The maximum atomic E-state index is 5.86. The molecule has 0 saturated carbocycles. The molecule has 0 spiro atoms. The first-order chi connectivity index (χ1) is 9.13. The molecule has 0 aliphatic heterocycles. The van der Waals surface area contributed by atoms with E-state index in [4.69, 9.17) is 4.42 Å². The van der Waals surface area contributed by atoms with Crippen LogP contribution >= 0.6 is 15.9 Å². The van der Waals surface area contributed by atoms with Gasteiger partial charge in [-0.05, 0) is 47.9 Å².